The third-order valence-electron chi connectivity index (χ3n) is 2.30. The van der Waals surface area contributed by atoms with Crippen LogP contribution in [0, 0.1) is 5.92 Å². The van der Waals surface area contributed by atoms with Crippen LogP contribution in [-0.4, -0.2) is 18.4 Å². The fraction of sp³-hybridized carbons (Fsp3) is 0.500. The lowest BCUT2D eigenvalue weighted by Gasteiger charge is -2.25. The maximum Gasteiger partial charge on any atom is 0.0366 e. The molecule has 0 aliphatic carbocycles. The lowest BCUT2D eigenvalue weighted by molar-refractivity contribution is 0.631. The maximum atomic E-state index is 3.52. The number of benzene rings is 1. The minimum absolute atomic E-state index is 0.690. The van der Waals surface area contributed by atoms with Crippen molar-refractivity contribution in [2.75, 3.05) is 23.3 Å². The molecule has 0 heterocycles. The molecule has 0 radical (unpaired) electrons. The topological polar surface area (TPSA) is 3.24 Å². The summed E-state index contributed by atoms with van der Waals surface area (Å²) in [5.74, 6) is 0.690. The summed E-state index contributed by atoms with van der Waals surface area (Å²) >= 11 is 3.52. The number of alkyl halides is 1. The van der Waals surface area contributed by atoms with Gasteiger partial charge in [0.2, 0.25) is 0 Å². The Labute approximate surface area is 95.2 Å². The van der Waals surface area contributed by atoms with Gasteiger partial charge in [-0.2, -0.15) is 0 Å². The highest BCUT2D eigenvalue weighted by Crippen LogP contribution is 2.15. The van der Waals surface area contributed by atoms with Gasteiger partial charge in [-0.1, -0.05) is 41.1 Å². The Morgan fingerprint density at radius 3 is 2.43 bits per heavy atom. The van der Waals surface area contributed by atoms with Crippen molar-refractivity contribution >= 4 is 21.6 Å². The monoisotopic (exact) mass is 255 g/mol. The predicted octanol–water partition coefficient (Wildman–Crippen LogP) is 3.54. The minimum atomic E-state index is 0.690. The highest BCUT2D eigenvalue weighted by Gasteiger charge is 2.07. The smallest absolute Gasteiger partial charge is 0.0366 e. The van der Waals surface area contributed by atoms with Crippen molar-refractivity contribution < 1.29 is 0 Å². The van der Waals surface area contributed by atoms with Crippen molar-refractivity contribution in [3.63, 3.8) is 0 Å². The second-order valence-electron chi connectivity index (χ2n) is 3.63. The Balaban J connectivity index is 2.63. The number of para-hydroxylation sites is 1. The van der Waals surface area contributed by atoms with E-state index < -0.39 is 0 Å². The van der Waals surface area contributed by atoms with Crippen LogP contribution >= 0.6 is 15.9 Å². The summed E-state index contributed by atoms with van der Waals surface area (Å²) in [6, 6.07) is 10.6. The Bertz CT molecular complexity index is 248. The average molecular weight is 256 g/mol. The van der Waals surface area contributed by atoms with Gasteiger partial charge in [0.25, 0.3) is 0 Å². The van der Waals surface area contributed by atoms with Crippen LogP contribution in [0.2, 0.25) is 0 Å². The summed E-state index contributed by atoms with van der Waals surface area (Å²) < 4.78 is 0. The van der Waals surface area contributed by atoms with Crippen LogP contribution in [0.25, 0.3) is 0 Å². The van der Waals surface area contributed by atoms with E-state index in [9.17, 15) is 0 Å². The molecule has 0 aliphatic heterocycles. The number of hydrogen-bond acceptors (Lipinski definition) is 1. The zero-order chi connectivity index (χ0) is 10.4. The van der Waals surface area contributed by atoms with E-state index in [1.807, 2.05) is 0 Å². The first-order valence-electron chi connectivity index (χ1n) is 5.13. The largest absolute Gasteiger partial charge is 0.372 e. The third-order valence-corrected chi connectivity index (χ3v) is 3.40. The van der Waals surface area contributed by atoms with Crippen molar-refractivity contribution in [1.29, 1.82) is 0 Å². The summed E-state index contributed by atoms with van der Waals surface area (Å²) in [6.07, 6.45) is 0. The fourth-order valence-corrected chi connectivity index (χ4v) is 1.69. The molecule has 1 rings (SSSR count). The van der Waals surface area contributed by atoms with Gasteiger partial charge in [-0.25, -0.2) is 0 Å². The van der Waals surface area contributed by atoms with Gasteiger partial charge >= 0.3 is 0 Å². The van der Waals surface area contributed by atoms with E-state index in [0.717, 1.165) is 18.4 Å². The van der Waals surface area contributed by atoms with Gasteiger partial charge in [0.1, 0.15) is 0 Å². The SMILES string of the molecule is CCN(CC(C)CBr)c1ccccc1. The number of nitrogens with zero attached hydrogens (tertiary/aromatic N) is 1. The van der Waals surface area contributed by atoms with Crippen LogP contribution in [0.5, 0.6) is 0 Å². The molecule has 0 amide bonds. The second kappa shape index (κ2) is 6.07. The van der Waals surface area contributed by atoms with E-state index in [1.165, 1.54) is 5.69 Å². The lowest BCUT2D eigenvalue weighted by atomic mass is 10.2. The molecule has 78 valence electrons. The molecule has 0 aromatic heterocycles. The molecule has 1 aromatic rings. The van der Waals surface area contributed by atoms with Crippen molar-refractivity contribution in [3.05, 3.63) is 30.3 Å². The van der Waals surface area contributed by atoms with E-state index >= 15 is 0 Å². The van der Waals surface area contributed by atoms with Gasteiger partial charge in [-0.15, -0.1) is 0 Å². The molecule has 1 nitrogen and oxygen atoms in total. The standard InChI is InChI=1S/C12H18BrN/c1-3-14(10-11(2)9-13)12-7-5-4-6-8-12/h4-8,11H,3,9-10H2,1-2H3. The predicted molar refractivity (Wildman–Crippen MR) is 67.3 cm³/mol. The summed E-state index contributed by atoms with van der Waals surface area (Å²) in [4.78, 5) is 2.41. The molecular weight excluding hydrogens is 238 g/mol. The minimum Gasteiger partial charge on any atom is -0.372 e. The van der Waals surface area contributed by atoms with Gasteiger partial charge in [-0.3, -0.25) is 0 Å². The maximum absolute atomic E-state index is 3.52. The molecule has 0 spiro atoms. The normalized spacial score (nSPS) is 12.5. The Kier molecular flexibility index (Phi) is 5.02. The fourth-order valence-electron chi connectivity index (χ4n) is 1.48. The van der Waals surface area contributed by atoms with E-state index in [2.05, 4.69) is 65.0 Å². The van der Waals surface area contributed by atoms with Gasteiger partial charge in [0.15, 0.2) is 0 Å². The quantitative estimate of drug-likeness (QED) is 0.728. The molecule has 1 unspecified atom stereocenters. The molecule has 0 aliphatic rings. The first kappa shape index (κ1) is 11.6. The average Bonchev–Trinajstić information content (AvgIpc) is 2.26. The summed E-state index contributed by atoms with van der Waals surface area (Å²) in [5.41, 5.74) is 1.32. The van der Waals surface area contributed by atoms with Crippen molar-refractivity contribution in [3.8, 4) is 0 Å². The first-order valence-corrected chi connectivity index (χ1v) is 6.26. The molecule has 1 atom stereocenters. The zero-order valence-corrected chi connectivity index (χ0v) is 10.5. The summed E-state index contributed by atoms with van der Waals surface area (Å²) in [6.45, 7) is 6.65. The van der Waals surface area contributed by atoms with Gasteiger partial charge in [-0.05, 0) is 25.0 Å². The third kappa shape index (κ3) is 3.33. The number of anilines is 1. The van der Waals surface area contributed by atoms with E-state index in [1.54, 1.807) is 0 Å². The molecule has 0 saturated carbocycles. The molecule has 0 fully saturated rings. The molecule has 2 heteroatoms. The molecular formula is C12H18BrN. The Morgan fingerprint density at radius 1 is 1.29 bits per heavy atom. The summed E-state index contributed by atoms with van der Waals surface area (Å²) in [5, 5.41) is 1.07. The highest BCUT2D eigenvalue weighted by molar-refractivity contribution is 9.09. The van der Waals surface area contributed by atoms with Gasteiger partial charge in [0, 0.05) is 24.1 Å². The molecule has 0 bridgehead atoms. The first-order chi connectivity index (χ1) is 6.77. The van der Waals surface area contributed by atoms with Crippen molar-refractivity contribution in [2.45, 2.75) is 13.8 Å². The second-order valence-corrected chi connectivity index (χ2v) is 4.28. The van der Waals surface area contributed by atoms with Crippen LogP contribution in [0.1, 0.15) is 13.8 Å². The number of rotatable bonds is 5. The van der Waals surface area contributed by atoms with E-state index in [4.69, 9.17) is 0 Å². The van der Waals surface area contributed by atoms with Gasteiger partial charge in [0.05, 0.1) is 0 Å². The van der Waals surface area contributed by atoms with Crippen molar-refractivity contribution in [2.24, 2.45) is 5.92 Å². The van der Waals surface area contributed by atoms with E-state index in [0.29, 0.717) is 5.92 Å². The zero-order valence-electron chi connectivity index (χ0n) is 8.91. The van der Waals surface area contributed by atoms with Crippen LogP contribution < -0.4 is 4.90 Å². The number of hydrogen-bond donors (Lipinski definition) is 0. The van der Waals surface area contributed by atoms with Crippen LogP contribution in [0.4, 0.5) is 5.69 Å². The molecule has 0 saturated heterocycles. The van der Waals surface area contributed by atoms with Crippen LogP contribution in [-0.2, 0) is 0 Å². The van der Waals surface area contributed by atoms with Crippen LogP contribution in [0.15, 0.2) is 30.3 Å². The van der Waals surface area contributed by atoms with E-state index in [-0.39, 0.29) is 0 Å². The highest BCUT2D eigenvalue weighted by atomic mass is 79.9. The Hall–Kier alpha value is -0.500. The lowest BCUT2D eigenvalue weighted by Crippen LogP contribution is -2.28. The molecule has 0 N–H and O–H groups in total. The molecule has 1 aromatic carbocycles. The van der Waals surface area contributed by atoms with Gasteiger partial charge < -0.3 is 4.90 Å². The van der Waals surface area contributed by atoms with Crippen LogP contribution in [0.3, 0.4) is 0 Å². The number of halogens is 1. The van der Waals surface area contributed by atoms with Crippen molar-refractivity contribution in [1.82, 2.24) is 0 Å². The summed E-state index contributed by atoms with van der Waals surface area (Å²) in [7, 11) is 0. The molecule has 14 heavy (non-hydrogen) atoms. The Morgan fingerprint density at radius 2 is 1.93 bits per heavy atom.